The van der Waals surface area contributed by atoms with Crippen molar-refractivity contribution in [3.05, 3.63) is 69.8 Å². The van der Waals surface area contributed by atoms with Crippen LogP contribution in [0.25, 0.3) is 10.9 Å². The fourth-order valence-corrected chi connectivity index (χ4v) is 3.32. The van der Waals surface area contributed by atoms with E-state index in [0.29, 0.717) is 16.5 Å². The van der Waals surface area contributed by atoms with Gasteiger partial charge in [-0.05, 0) is 35.9 Å². The molecule has 2 aromatic carbocycles. The number of aromatic nitrogens is 1. The molecule has 1 amide bonds. The number of halogens is 2. The SMILES string of the molecule is O=C(N[C@@H](Cc1ccc(O)c2cccnc12)C(=O)O)c1c(Cl)cccc1Cl. The van der Waals surface area contributed by atoms with Crippen LogP contribution < -0.4 is 5.32 Å². The summed E-state index contributed by atoms with van der Waals surface area (Å²) in [5, 5.41) is 22.7. The molecule has 0 spiro atoms. The predicted octanol–water partition coefficient (Wildman–Crippen LogP) is 3.67. The van der Waals surface area contributed by atoms with Gasteiger partial charge in [-0.3, -0.25) is 9.78 Å². The molecule has 3 aromatic rings. The number of carboxylic acids is 1. The van der Waals surface area contributed by atoms with Crippen molar-refractivity contribution in [1.29, 1.82) is 0 Å². The van der Waals surface area contributed by atoms with Gasteiger partial charge in [-0.25, -0.2) is 4.79 Å². The van der Waals surface area contributed by atoms with Crippen LogP contribution in [-0.2, 0) is 11.2 Å². The highest BCUT2D eigenvalue weighted by Crippen LogP contribution is 2.27. The first kappa shape index (κ1) is 18.9. The monoisotopic (exact) mass is 404 g/mol. The van der Waals surface area contributed by atoms with Crippen LogP contribution in [0.3, 0.4) is 0 Å². The molecule has 1 atom stereocenters. The second-order valence-electron chi connectivity index (χ2n) is 5.81. The van der Waals surface area contributed by atoms with Gasteiger partial charge in [0, 0.05) is 18.0 Å². The molecule has 0 unspecified atom stereocenters. The Morgan fingerprint density at radius 2 is 1.78 bits per heavy atom. The zero-order chi connectivity index (χ0) is 19.6. The van der Waals surface area contributed by atoms with Crippen LogP contribution in [0.4, 0.5) is 0 Å². The summed E-state index contributed by atoms with van der Waals surface area (Å²) in [6, 6.07) is 9.73. The van der Waals surface area contributed by atoms with Crippen LogP contribution in [0.15, 0.2) is 48.7 Å². The minimum Gasteiger partial charge on any atom is -0.507 e. The Labute approximate surface area is 164 Å². The third-order valence-corrected chi connectivity index (χ3v) is 4.68. The lowest BCUT2D eigenvalue weighted by molar-refractivity contribution is -0.139. The number of aliphatic carboxylic acids is 1. The Kier molecular flexibility index (Phi) is 5.48. The number of nitrogens with zero attached hydrogens (tertiary/aromatic N) is 1. The van der Waals surface area contributed by atoms with Gasteiger partial charge in [-0.1, -0.05) is 35.3 Å². The van der Waals surface area contributed by atoms with Crippen LogP contribution in [0.2, 0.25) is 10.0 Å². The summed E-state index contributed by atoms with van der Waals surface area (Å²) >= 11 is 12.0. The molecule has 138 valence electrons. The number of rotatable bonds is 5. The number of amides is 1. The van der Waals surface area contributed by atoms with E-state index >= 15 is 0 Å². The molecule has 3 N–H and O–H groups in total. The largest absolute Gasteiger partial charge is 0.507 e. The molecule has 0 aliphatic rings. The number of benzene rings is 2. The number of pyridine rings is 1. The number of carboxylic acid groups (broad SMARTS) is 1. The fraction of sp³-hybridized carbons (Fsp3) is 0.105. The van der Waals surface area contributed by atoms with Gasteiger partial charge >= 0.3 is 5.97 Å². The van der Waals surface area contributed by atoms with E-state index in [-0.39, 0.29) is 27.8 Å². The summed E-state index contributed by atoms with van der Waals surface area (Å²) in [7, 11) is 0. The van der Waals surface area contributed by atoms with Crippen molar-refractivity contribution < 1.29 is 19.8 Å². The highest BCUT2D eigenvalue weighted by molar-refractivity contribution is 6.39. The van der Waals surface area contributed by atoms with Crippen molar-refractivity contribution in [3.63, 3.8) is 0 Å². The molecule has 0 saturated carbocycles. The summed E-state index contributed by atoms with van der Waals surface area (Å²) < 4.78 is 0. The summed E-state index contributed by atoms with van der Waals surface area (Å²) in [6.07, 6.45) is 1.51. The molecule has 0 aliphatic carbocycles. The number of hydrogen-bond donors (Lipinski definition) is 3. The molecular weight excluding hydrogens is 391 g/mol. The Balaban J connectivity index is 1.91. The van der Waals surface area contributed by atoms with Crippen molar-refractivity contribution in [1.82, 2.24) is 10.3 Å². The standard InChI is InChI=1S/C19H14Cl2N2O4/c20-12-4-1-5-13(21)16(12)18(25)23-14(19(26)27)9-10-6-7-15(24)11-3-2-8-22-17(10)11/h1-8,14,24H,9H2,(H,23,25)(H,26,27)/t14-/m0/s1. The molecule has 0 fully saturated rings. The molecule has 8 heteroatoms. The molecular formula is C19H14Cl2N2O4. The maximum atomic E-state index is 12.5. The van der Waals surface area contributed by atoms with Gasteiger partial charge in [0.05, 0.1) is 21.1 Å². The molecule has 3 rings (SSSR count). The second kappa shape index (κ2) is 7.82. The van der Waals surface area contributed by atoms with Crippen molar-refractivity contribution >= 4 is 46.0 Å². The number of phenols is 1. The molecule has 1 heterocycles. The number of phenolic OH excluding ortho intramolecular Hbond substituents is 1. The summed E-state index contributed by atoms with van der Waals surface area (Å²) in [4.78, 5) is 28.4. The zero-order valence-corrected chi connectivity index (χ0v) is 15.3. The third-order valence-electron chi connectivity index (χ3n) is 4.05. The lowest BCUT2D eigenvalue weighted by Crippen LogP contribution is -2.42. The number of aromatic hydroxyl groups is 1. The highest BCUT2D eigenvalue weighted by Gasteiger charge is 2.24. The van der Waals surface area contributed by atoms with Gasteiger partial charge in [-0.2, -0.15) is 0 Å². The first-order chi connectivity index (χ1) is 12.9. The molecule has 0 aliphatic heterocycles. The molecule has 0 saturated heterocycles. The van der Waals surface area contributed by atoms with Crippen molar-refractivity contribution in [2.75, 3.05) is 0 Å². The first-order valence-corrected chi connectivity index (χ1v) is 8.67. The van der Waals surface area contributed by atoms with Crippen molar-refractivity contribution in [2.24, 2.45) is 0 Å². The van der Waals surface area contributed by atoms with E-state index in [0.717, 1.165) is 0 Å². The van der Waals surface area contributed by atoms with Gasteiger partial charge in [0.2, 0.25) is 0 Å². The Bertz CT molecular complexity index is 1020. The van der Waals surface area contributed by atoms with E-state index in [1.165, 1.54) is 18.2 Å². The lowest BCUT2D eigenvalue weighted by atomic mass is 10.0. The third kappa shape index (κ3) is 3.97. The first-order valence-electron chi connectivity index (χ1n) is 7.91. The second-order valence-corrected chi connectivity index (χ2v) is 6.62. The van der Waals surface area contributed by atoms with E-state index in [9.17, 15) is 19.8 Å². The summed E-state index contributed by atoms with van der Waals surface area (Å²) in [5.74, 6) is -1.86. The number of carbonyl (C=O) groups excluding carboxylic acids is 1. The van der Waals surface area contributed by atoms with Crippen LogP contribution in [0.5, 0.6) is 5.75 Å². The molecule has 6 nitrogen and oxygen atoms in total. The van der Waals surface area contributed by atoms with Gasteiger partial charge in [0.15, 0.2) is 0 Å². The van der Waals surface area contributed by atoms with Crippen LogP contribution in [0, 0.1) is 0 Å². The number of fused-ring (bicyclic) bond motifs is 1. The minimum absolute atomic E-state index is 0.0146. The topological polar surface area (TPSA) is 99.5 Å². The maximum absolute atomic E-state index is 12.5. The van der Waals surface area contributed by atoms with E-state index in [4.69, 9.17) is 23.2 Å². The Morgan fingerprint density at radius 3 is 2.44 bits per heavy atom. The number of carbonyl (C=O) groups is 2. The smallest absolute Gasteiger partial charge is 0.326 e. The van der Waals surface area contributed by atoms with E-state index < -0.39 is 17.9 Å². The zero-order valence-electron chi connectivity index (χ0n) is 13.8. The van der Waals surface area contributed by atoms with E-state index in [1.54, 1.807) is 30.5 Å². The fourth-order valence-electron chi connectivity index (χ4n) is 2.75. The van der Waals surface area contributed by atoms with Crippen molar-refractivity contribution in [3.8, 4) is 5.75 Å². The minimum atomic E-state index is -1.24. The highest BCUT2D eigenvalue weighted by atomic mass is 35.5. The van der Waals surface area contributed by atoms with Crippen LogP contribution >= 0.6 is 23.2 Å². The van der Waals surface area contributed by atoms with E-state index in [1.807, 2.05) is 0 Å². The molecule has 1 aromatic heterocycles. The average molecular weight is 405 g/mol. The predicted molar refractivity (Wildman–Crippen MR) is 102 cm³/mol. The molecule has 0 radical (unpaired) electrons. The van der Waals surface area contributed by atoms with Gasteiger partial charge in [-0.15, -0.1) is 0 Å². The summed E-state index contributed by atoms with van der Waals surface area (Å²) in [5.41, 5.74) is 1.05. The lowest BCUT2D eigenvalue weighted by Gasteiger charge is -2.17. The maximum Gasteiger partial charge on any atom is 0.326 e. The molecule has 0 bridgehead atoms. The quantitative estimate of drug-likeness (QED) is 0.602. The Hall–Kier alpha value is -2.83. The normalized spacial score (nSPS) is 11.9. The van der Waals surface area contributed by atoms with Gasteiger partial charge in [0.25, 0.3) is 5.91 Å². The van der Waals surface area contributed by atoms with Crippen molar-refractivity contribution in [2.45, 2.75) is 12.5 Å². The van der Waals surface area contributed by atoms with Crippen LogP contribution in [0.1, 0.15) is 15.9 Å². The van der Waals surface area contributed by atoms with E-state index in [2.05, 4.69) is 10.3 Å². The number of nitrogens with one attached hydrogen (secondary N) is 1. The summed E-state index contributed by atoms with van der Waals surface area (Å²) in [6.45, 7) is 0. The van der Waals surface area contributed by atoms with Gasteiger partial charge in [0.1, 0.15) is 11.8 Å². The molecule has 27 heavy (non-hydrogen) atoms. The van der Waals surface area contributed by atoms with Gasteiger partial charge < -0.3 is 15.5 Å². The Morgan fingerprint density at radius 1 is 1.07 bits per heavy atom. The number of hydrogen-bond acceptors (Lipinski definition) is 4. The van der Waals surface area contributed by atoms with Crippen LogP contribution in [-0.4, -0.2) is 33.1 Å². The average Bonchev–Trinajstić information content (AvgIpc) is 2.63.